The number of ether oxygens (including phenoxy) is 1. The van der Waals surface area contributed by atoms with Gasteiger partial charge in [0.1, 0.15) is 6.54 Å². The molecule has 9 heteroatoms. The summed E-state index contributed by atoms with van der Waals surface area (Å²) < 4.78 is 5.00. The average molecular weight is 399 g/mol. The first-order valence-electron chi connectivity index (χ1n) is 9.23. The fourth-order valence-corrected chi connectivity index (χ4v) is 3.32. The lowest BCUT2D eigenvalue weighted by molar-refractivity contribution is -0.159. The van der Waals surface area contributed by atoms with Crippen LogP contribution in [0.25, 0.3) is 0 Å². The Bertz CT molecular complexity index is 840. The number of hydrogen-bond acceptors (Lipinski definition) is 6. The molecule has 0 spiro atoms. The Morgan fingerprint density at radius 1 is 1.03 bits per heavy atom. The number of nitrogens with zero attached hydrogens (tertiary/aromatic N) is 1. The summed E-state index contributed by atoms with van der Waals surface area (Å²) in [6.45, 7) is 0.776. The van der Waals surface area contributed by atoms with Gasteiger partial charge in [-0.25, -0.2) is 0 Å². The standard InChI is InChI=1S/C20H21N3O6/c1-12(17(25)21-22-18(26)13-7-3-2-4-8-13)29-16(24)11-23-19(27)14-9-5-6-10-15(14)20(23)28/h2-8,12,14-15H,9-11H2,1H3,(H,21,25)(H,22,26)/t12-,14+,15+/m1/s1. The summed E-state index contributed by atoms with van der Waals surface area (Å²) in [7, 11) is 0. The lowest BCUT2D eigenvalue weighted by Crippen LogP contribution is -2.47. The SMILES string of the molecule is C[C@@H](OC(=O)CN1C(=O)[C@H]2CC=CC[C@@H]2C1=O)C(=O)NNC(=O)c1ccccc1. The summed E-state index contributed by atoms with van der Waals surface area (Å²) in [4.78, 5) is 61.6. The summed E-state index contributed by atoms with van der Waals surface area (Å²) in [6.07, 6.45) is 3.42. The number of allylic oxidation sites excluding steroid dienone is 2. The van der Waals surface area contributed by atoms with E-state index in [1.54, 1.807) is 30.3 Å². The Morgan fingerprint density at radius 2 is 1.62 bits per heavy atom. The maximum atomic E-state index is 12.4. The third-order valence-corrected chi connectivity index (χ3v) is 4.90. The third-order valence-electron chi connectivity index (χ3n) is 4.90. The highest BCUT2D eigenvalue weighted by Crippen LogP contribution is 2.34. The molecule has 9 nitrogen and oxygen atoms in total. The van der Waals surface area contributed by atoms with Gasteiger partial charge in [-0.2, -0.15) is 0 Å². The van der Waals surface area contributed by atoms with Crippen LogP contribution in [0.5, 0.6) is 0 Å². The van der Waals surface area contributed by atoms with Crippen LogP contribution in [-0.2, 0) is 23.9 Å². The first-order valence-corrected chi connectivity index (χ1v) is 9.23. The van der Waals surface area contributed by atoms with E-state index in [1.165, 1.54) is 6.92 Å². The number of hydrogen-bond donors (Lipinski definition) is 2. The number of amides is 4. The number of carbonyl (C=O) groups is 5. The number of benzene rings is 1. The highest BCUT2D eigenvalue weighted by molar-refractivity contribution is 6.07. The van der Waals surface area contributed by atoms with E-state index in [2.05, 4.69) is 10.9 Å². The van der Waals surface area contributed by atoms with Gasteiger partial charge in [0.05, 0.1) is 11.8 Å². The zero-order valence-corrected chi connectivity index (χ0v) is 15.8. The van der Waals surface area contributed by atoms with Crippen LogP contribution in [0, 0.1) is 11.8 Å². The number of nitrogens with one attached hydrogen (secondary N) is 2. The molecule has 0 saturated carbocycles. The summed E-state index contributed by atoms with van der Waals surface area (Å²) in [5.41, 5.74) is 4.73. The fraction of sp³-hybridized carbons (Fsp3) is 0.350. The van der Waals surface area contributed by atoms with Crippen molar-refractivity contribution in [3.8, 4) is 0 Å². The highest BCUT2D eigenvalue weighted by atomic mass is 16.5. The number of likely N-dealkylation sites (tertiary alicyclic amines) is 1. The predicted molar refractivity (Wildman–Crippen MR) is 99.7 cm³/mol. The van der Waals surface area contributed by atoms with E-state index in [1.807, 2.05) is 12.2 Å². The van der Waals surface area contributed by atoms with Crippen molar-refractivity contribution in [2.45, 2.75) is 25.9 Å². The monoisotopic (exact) mass is 399 g/mol. The van der Waals surface area contributed by atoms with Crippen molar-refractivity contribution in [1.82, 2.24) is 15.8 Å². The molecule has 0 radical (unpaired) electrons. The van der Waals surface area contributed by atoms with Crippen LogP contribution in [0.4, 0.5) is 0 Å². The minimum Gasteiger partial charge on any atom is -0.451 e. The van der Waals surface area contributed by atoms with Crippen molar-refractivity contribution in [2.75, 3.05) is 6.54 Å². The first-order chi connectivity index (χ1) is 13.9. The molecule has 1 fully saturated rings. The van der Waals surface area contributed by atoms with Crippen LogP contribution >= 0.6 is 0 Å². The van der Waals surface area contributed by atoms with Gasteiger partial charge < -0.3 is 4.74 Å². The molecule has 2 aliphatic rings. The zero-order chi connectivity index (χ0) is 21.0. The summed E-state index contributed by atoms with van der Waals surface area (Å²) in [5, 5.41) is 0. The number of fused-ring (bicyclic) bond motifs is 1. The van der Waals surface area contributed by atoms with Crippen molar-refractivity contribution in [2.24, 2.45) is 11.8 Å². The summed E-state index contributed by atoms with van der Waals surface area (Å²) in [6, 6.07) is 8.24. The fourth-order valence-electron chi connectivity index (χ4n) is 3.32. The molecular formula is C20H21N3O6. The third kappa shape index (κ3) is 4.50. The number of imide groups is 1. The van der Waals surface area contributed by atoms with Gasteiger partial charge in [0, 0.05) is 5.56 Å². The second-order valence-corrected chi connectivity index (χ2v) is 6.86. The van der Waals surface area contributed by atoms with E-state index in [0.29, 0.717) is 18.4 Å². The van der Waals surface area contributed by atoms with Crippen LogP contribution in [-0.4, -0.2) is 47.1 Å². The van der Waals surface area contributed by atoms with Crippen LogP contribution in [0.3, 0.4) is 0 Å². The minimum atomic E-state index is -1.23. The summed E-state index contributed by atoms with van der Waals surface area (Å²) in [5.74, 6) is -3.82. The summed E-state index contributed by atoms with van der Waals surface area (Å²) >= 11 is 0. The van der Waals surface area contributed by atoms with Crippen LogP contribution < -0.4 is 10.9 Å². The molecule has 3 atom stereocenters. The molecule has 29 heavy (non-hydrogen) atoms. The van der Waals surface area contributed by atoms with Gasteiger partial charge in [-0.3, -0.25) is 39.7 Å². The Morgan fingerprint density at radius 3 is 2.21 bits per heavy atom. The highest BCUT2D eigenvalue weighted by Gasteiger charge is 2.47. The van der Waals surface area contributed by atoms with E-state index in [4.69, 9.17) is 4.74 Å². The second kappa shape index (κ2) is 8.68. The molecule has 0 unspecified atom stereocenters. The lowest BCUT2D eigenvalue weighted by atomic mass is 9.85. The van der Waals surface area contributed by atoms with Crippen LogP contribution in [0.1, 0.15) is 30.1 Å². The van der Waals surface area contributed by atoms with Crippen LogP contribution in [0.2, 0.25) is 0 Å². The van der Waals surface area contributed by atoms with Gasteiger partial charge >= 0.3 is 5.97 Å². The molecule has 4 amide bonds. The smallest absolute Gasteiger partial charge is 0.326 e. The topological polar surface area (TPSA) is 122 Å². The average Bonchev–Trinajstić information content (AvgIpc) is 2.97. The van der Waals surface area contributed by atoms with Crippen molar-refractivity contribution >= 4 is 29.6 Å². The van der Waals surface area contributed by atoms with Crippen molar-refractivity contribution in [3.05, 3.63) is 48.0 Å². The Hall–Kier alpha value is -3.49. The van der Waals surface area contributed by atoms with Gasteiger partial charge in [-0.05, 0) is 31.9 Å². The quantitative estimate of drug-likeness (QED) is 0.319. The van der Waals surface area contributed by atoms with E-state index in [9.17, 15) is 24.0 Å². The minimum absolute atomic E-state index is 0.347. The Balaban J connectivity index is 1.47. The predicted octanol–water partition coefficient (Wildman–Crippen LogP) is 0.331. The maximum absolute atomic E-state index is 12.4. The van der Waals surface area contributed by atoms with E-state index >= 15 is 0 Å². The van der Waals surface area contributed by atoms with Gasteiger partial charge in [-0.1, -0.05) is 30.4 Å². The van der Waals surface area contributed by atoms with Crippen molar-refractivity contribution in [3.63, 3.8) is 0 Å². The molecule has 3 rings (SSSR count). The normalized spacial score (nSPS) is 21.3. The Kier molecular flexibility index (Phi) is 6.06. The van der Waals surface area contributed by atoms with Crippen molar-refractivity contribution in [1.29, 1.82) is 0 Å². The number of carbonyl (C=O) groups excluding carboxylic acids is 5. The molecule has 1 aromatic carbocycles. The van der Waals surface area contributed by atoms with E-state index in [0.717, 1.165) is 4.90 Å². The van der Waals surface area contributed by atoms with Crippen molar-refractivity contribution < 1.29 is 28.7 Å². The largest absolute Gasteiger partial charge is 0.451 e. The number of rotatable bonds is 5. The molecule has 1 saturated heterocycles. The maximum Gasteiger partial charge on any atom is 0.326 e. The molecule has 0 bridgehead atoms. The van der Waals surface area contributed by atoms with Gasteiger partial charge in [0.2, 0.25) is 11.8 Å². The lowest BCUT2D eigenvalue weighted by Gasteiger charge is -2.17. The number of hydrazine groups is 1. The molecule has 0 aromatic heterocycles. The van der Waals surface area contributed by atoms with Gasteiger partial charge in [0.25, 0.3) is 11.8 Å². The van der Waals surface area contributed by atoms with E-state index < -0.39 is 54.1 Å². The zero-order valence-electron chi connectivity index (χ0n) is 15.8. The molecule has 1 aliphatic carbocycles. The molecule has 1 aromatic rings. The van der Waals surface area contributed by atoms with Crippen LogP contribution in [0.15, 0.2) is 42.5 Å². The molecule has 1 heterocycles. The second-order valence-electron chi connectivity index (χ2n) is 6.86. The van der Waals surface area contributed by atoms with Gasteiger partial charge in [-0.15, -0.1) is 0 Å². The molecule has 1 aliphatic heterocycles. The number of esters is 1. The molecule has 152 valence electrons. The first kappa shape index (κ1) is 20.2. The Labute approximate surface area is 167 Å². The van der Waals surface area contributed by atoms with E-state index in [-0.39, 0.29) is 0 Å². The molecule has 2 N–H and O–H groups in total. The van der Waals surface area contributed by atoms with Gasteiger partial charge in [0.15, 0.2) is 6.10 Å². The molecular weight excluding hydrogens is 378 g/mol.